The first-order chi connectivity index (χ1) is 32.9. The van der Waals surface area contributed by atoms with Crippen LogP contribution in [0.2, 0.25) is 0 Å². The van der Waals surface area contributed by atoms with Crippen LogP contribution < -0.4 is 24.2 Å². The third-order valence-corrected chi connectivity index (χ3v) is 12.5. The molecule has 5 nitrogen and oxygen atoms in total. The topological polar surface area (TPSA) is 28.2 Å². The van der Waals surface area contributed by atoms with E-state index in [0.29, 0.717) is 0 Å². The Morgan fingerprint density at radius 1 is 0.221 bits per heavy atom. The lowest BCUT2D eigenvalue weighted by atomic mass is 10.0. The summed E-state index contributed by atoms with van der Waals surface area (Å²) in [5.74, 6) is 3.05. The summed E-state index contributed by atoms with van der Waals surface area (Å²) in [6, 6.07) is 68.5. The van der Waals surface area contributed by atoms with E-state index in [1.807, 2.05) is 36.4 Å². The van der Waals surface area contributed by atoms with E-state index in [9.17, 15) is 0 Å². The molecule has 0 aliphatic carbocycles. The molecule has 9 aromatic carbocycles. The number of anilines is 9. The number of benzene rings is 9. The summed E-state index contributed by atoms with van der Waals surface area (Å²) in [4.78, 5) is 6.93. The van der Waals surface area contributed by atoms with Crippen LogP contribution in [0.25, 0.3) is 0 Å². The van der Waals surface area contributed by atoms with Gasteiger partial charge in [0.15, 0.2) is 0 Å². The van der Waals surface area contributed by atoms with Gasteiger partial charge in [-0.2, -0.15) is 0 Å². The molecule has 338 valence electrons. The molecule has 0 saturated carbocycles. The highest BCUT2D eigenvalue weighted by molar-refractivity contribution is 5.82. The van der Waals surface area contributed by atoms with E-state index in [2.05, 4.69) is 235 Å². The van der Waals surface area contributed by atoms with Crippen LogP contribution in [0.1, 0.15) is 50.1 Å². The van der Waals surface area contributed by atoms with E-state index in [1.165, 1.54) is 50.1 Å². The van der Waals surface area contributed by atoms with Gasteiger partial charge in [0, 0.05) is 51.2 Å². The lowest BCUT2D eigenvalue weighted by molar-refractivity contribution is 0.482. The van der Waals surface area contributed by atoms with Gasteiger partial charge in [-0.1, -0.05) is 88.5 Å². The van der Waals surface area contributed by atoms with E-state index in [0.717, 1.165) is 74.2 Å². The molecule has 0 aliphatic heterocycles. The third kappa shape index (κ3) is 9.89. The smallest absolute Gasteiger partial charge is 0.127 e. The van der Waals surface area contributed by atoms with Gasteiger partial charge in [0.1, 0.15) is 23.0 Å². The Bertz CT molecular complexity index is 3140. The standard InChI is InChI=1S/C63H59N3O2/c1-42-10-16-51(17-11-42)64(60-34-12-43(2)38-47(60)6)52-18-26-56(27-19-52)67-57-28-20-53(21-29-57)65(61-35-13-44(3)39-48(61)7)54-22-30-58(31-23-54)68-59-32-24-55(25-33-59)66(62-36-14-45(4)40-49(62)8)63-37-15-46(5)41-50(63)9/h10-41H,1-9H3. The second-order valence-electron chi connectivity index (χ2n) is 18.2. The Hall–Kier alpha value is -8.02. The summed E-state index contributed by atoms with van der Waals surface area (Å²) < 4.78 is 12.9. The molecule has 9 rings (SSSR count). The van der Waals surface area contributed by atoms with Crippen LogP contribution in [-0.2, 0) is 0 Å². The van der Waals surface area contributed by atoms with E-state index in [-0.39, 0.29) is 0 Å². The minimum Gasteiger partial charge on any atom is -0.457 e. The molecule has 0 saturated heterocycles. The van der Waals surface area contributed by atoms with E-state index in [4.69, 9.17) is 9.47 Å². The van der Waals surface area contributed by atoms with Gasteiger partial charge in [-0.25, -0.2) is 0 Å². The molecule has 0 N–H and O–H groups in total. The first kappa shape index (κ1) is 45.1. The Kier molecular flexibility index (Phi) is 12.9. The van der Waals surface area contributed by atoms with Crippen molar-refractivity contribution in [3.63, 3.8) is 0 Å². The van der Waals surface area contributed by atoms with Crippen LogP contribution in [0, 0.1) is 62.3 Å². The number of hydrogen-bond donors (Lipinski definition) is 0. The van der Waals surface area contributed by atoms with Crippen molar-refractivity contribution in [2.45, 2.75) is 62.3 Å². The van der Waals surface area contributed by atoms with Crippen LogP contribution >= 0.6 is 0 Å². The largest absolute Gasteiger partial charge is 0.457 e. The zero-order chi connectivity index (χ0) is 47.5. The molecular weight excluding hydrogens is 831 g/mol. The molecular formula is C63H59N3O2. The summed E-state index contributed by atoms with van der Waals surface area (Å²) in [6.07, 6.45) is 0. The highest BCUT2D eigenvalue weighted by Crippen LogP contribution is 2.43. The monoisotopic (exact) mass is 889 g/mol. The fourth-order valence-electron chi connectivity index (χ4n) is 9.11. The van der Waals surface area contributed by atoms with Gasteiger partial charge in [0.05, 0.1) is 0 Å². The molecule has 68 heavy (non-hydrogen) atoms. The highest BCUT2D eigenvalue weighted by Gasteiger charge is 2.20. The molecule has 0 aliphatic rings. The van der Waals surface area contributed by atoms with Gasteiger partial charge in [-0.3, -0.25) is 0 Å². The Morgan fingerprint density at radius 2 is 0.426 bits per heavy atom. The Balaban J connectivity index is 0.943. The molecule has 5 heteroatoms. The zero-order valence-electron chi connectivity index (χ0n) is 40.6. The lowest BCUT2D eigenvalue weighted by Gasteiger charge is -2.29. The molecule has 0 heterocycles. The summed E-state index contributed by atoms with van der Waals surface area (Å²) in [7, 11) is 0. The molecule has 9 aromatic rings. The van der Waals surface area contributed by atoms with E-state index in [1.54, 1.807) is 0 Å². The van der Waals surface area contributed by atoms with E-state index < -0.39 is 0 Å². The van der Waals surface area contributed by atoms with Gasteiger partial charge < -0.3 is 24.2 Å². The van der Waals surface area contributed by atoms with Crippen LogP contribution in [-0.4, -0.2) is 0 Å². The van der Waals surface area contributed by atoms with Gasteiger partial charge >= 0.3 is 0 Å². The van der Waals surface area contributed by atoms with E-state index >= 15 is 0 Å². The number of ether oxygens (including phenoxy) is 2. The molecule has 0 radical (unpaired) electrons. The van der Waals surface area contributed by atoms with Gasteiger partial charge in [0.25, 0.3) is 0 Å². The predicted octanol–water partition coefficient (Wildman–Crippen LogP) is 18.5. The summed E-state index contributed by atoms with van der Waals surface area (Å²) >= 11 is 0. The Morgan fingerprint density at radius 3 is 0.676 bits per heavy atom. The van der Waals surface area contributed by atoms with Crippen LogP contribution in [0.15, 0.2) is 194 Å². The van der Waals surface area contributed by atoms with Crippen molar-refractivity contribution in [2.75, 3.05) is 14.7 Å². The number of nitrogens with zero attached hydrogens (tertiary/aromatic N) is 3. The predicted molar refractivity (Wildman–Crippen MR) is 286 cm³/mol. The minimum absolute atomic E-state index is 0.757. The minimum atomic E-state index is 0.757. The first-order valence-corrected chi connectivity index (χ1v) is 23.4. The molecule has 0 atom stereocenters. The summed E-state index contributed by atoms with van der Waals surface area (Å²) in [5.41, 5.74) is 20.9. The van der Waals surface area contributed by atoms with Crippen LogP contribution in [0.4, 0.5) is 51.2 Å². The zero-order valence-corrected chi connectivity index (χ0v) is 40.6. The van der Waals surface area contributed by atoms with Crippen molar-refractivity contribution >= 4 is 51.2 Å². The van der Waals surface area contributed by atoms with Crippen molar-refractivity contribution in [2.24, 2.45) is 0 Å². The normalized spacial score (nSPS) is 11.0. The average molecular weight is 890 g/mol. The number of aryl methyl sites for hydroxylation is 9. The van der Waals surface area contributed by atoms with Crippen LogP contribution in [0.3, 0.4) is 0 Å². The van der Waals surface area contributed by atoms with Gasteiger partial charge in [-0.15, -0.1) is 0 Å². The highest BCUT2D eigenvalue weighted by atomic mass is 16.5. The van der Waals surface area contributed by atoms with Crippen molar-refractivity contribution in [1.29, 1.82) is 0 Å². The summed E-state index contributed by atoms with van der Waals surface area (Å²) in [5, 5.41) is 0. The van der Waals surface area contributed by atoms with Crippen molar-refractivity contribution in [3.8, 4) is 23.0 Å². The number of hydrogen-bond acceptors (Lipinski definition) is 5. The van der Waals surface area contributed by atoms with Crippen molar-refractivity contribution in [1.82, 2.24) is 0 Å². The molecule has 0 aromatic heterocycles. The maximum absolute atomic E-state index is 6.48. The van der Waals surface area contributed by atoms with Gasteiger partial charge in [-0.05, 0) is 218 Å². The Labute approximate surface area is 403 Å². The van der Waals surface area contributed by atoms with Crippen molar-refractivity contribution in [3.05, 3.63) is 244 Å². The maximum Gasteiger partial charge on any atom is 0.127 e. The SMILES string of the molecule is Cc1ccc(N(c2ccc(Oc3ccc(N(c4ccc(Oc5ccc(N(c6ccc(C)cc6C)c6ccc(C)cc6C)cc5)cc4)c4ccc(C)cc4C)cc3)cc2)c2ccc(C)cc2C)cc1. The molecule has 0 spiro atoms. The quantitative estimate of drug-likeness (QED) is 0.115. The molecule has 0 bridgehead atoms. The lowest BCUT2D eigenvalue weighted by Crippen LogP contribution is -2.13. The molecule has 0 fully saturated rings. The maximum atomic E-state index is 6.48. The fourth-order valence-corrected chi connectivity index (χ4v) is 9.11. The molecule has 0 unspecified atom stereocenters. The first-order valence-electron chi connectivity index (χ1n) is 23.4. The van der Waals surface area contributed by atoms with Crippen molar-refractivity contribution < 1.29 is 9.47 Å². The van der Waals surface area contributed by atoms with Gasteiger partial charge in [0.2, 0.25) is 0 Å². The third-order valence-electron chi connectivity index (χ3n) is 12.5. The second-order valence-corrected chi connectivity index (χ2v) is 18.2. The fraction of sp³-hybridized carbons (Fsp3) is 0.143. The number of rotatable bonds is 13. The second kappa shape index (κ2) is 19.4. The average Bonchev–Trinajstić information content (AvgIpc) is 3.32. The van der Waals surface area contributed by atoms with Crippen LogP contribution in [0.5, 0.6) is 23.0 Å². The summed E-state index contributed by atoms with van der Waals surface area (Å²) in [6.45, 7) is 19.4. The molecule has 0 amide bonds.